The smallest absolute Gasteiger partial charge is 0.0543 e. The van der Waals surface area contributed by atoms with Crippen molar-refractivity contribution >= 4 is 27.8 Å². The molecule has 1 aliphatic rings. The van der Waals surface area contributed by atoms with Crippen LogP contribution in [0.25, 0.3) is 44.2 Å². The second kappa shape index (κ2) is 14.8. The Bertz CT molecular complexity index is 2870. The molecule has 1 unspecified atom stereocenters. The minimum absolute atomic E-state index is 0.00418. The first-order valence-corrected chi connectivity index (χ1v) is 22.0. The van der Waals surface area contributed by atoms with Gasteiger partial charge in [0.1, 0.15) is 0 Å². The molecule has 8 aromatic carbocycles. The topological polar surface area (TPSA) is 3.24 Å². The largest absolute Gasteiger partial charge is 0.309 e. The van der Waals surface area contributed by atoms with E-state index in [1.54, 1.807) is 0 Å². The molecule has 9 rings (SSSR count). The highest BCUT2D eigenvalue weighted by Gasteiger charge is 2.42. The van der Waals surface area contributed by atoms with E-state index in [0.717, 1.165) is 11.4 Å². The molecule has 0 spiro atoms. The summed E-state index contributed by atoms with van der Waals surface area (Å²) in [5, 5.41) is 2.50. The van der Waals surface area contributed by atoms with Gasteiger partial charge < -0.3 is 4.90 Å². The summed E-state index contributed by atoms with van der Waals surface area (Å²) < 4.78 is 0. The van der Waals surface area contributed by atoms with Crippen molar-refractivity contribution in [1.29, 1.82) is 0 Å². The summed E-state index contributed by atoms with van der Waals surface area (Å²) in [7, 11) is 0. The van der Waals surface area contributed by atoms with Gasteiger partial charge in [0.25, 0.3) is 0 Å². The van der Waals surface area contributed by atoms with Crippen LogP contribution in [0.2, 0.25) is 0 Å². The van der Waals surface area contributed by atoms with Crippen LogP contribution in [-0.2, 0) is 21.7 Å². The molecule has 0 bridgehead atoms. The summed E-state index contributed by atoms with van der Waals surface area (Å²) in [5.41, 5.74) is 18.7. The fourth-order valence-corrected chi connectivity index (χ4v) is 9.66. The molecule has 0 N–H and O–H groups in total. The van der Waals surface area contributed by atoms with E-state index in [9.17, 15) is 0 Å². The van der Waals surface area contributed by atoms with E-state index in [1.165, 1.54) is 83.2 Å². The van der Waals surface area contributed by atoms with Crippen LogP contribution in [0.15, 0.2) is 176 Å². The van der Waals surface area contributed by atoms with Gasteiger partial charge in [0.05, 0.1) is 11.4 Å². The van der Waals surface area contributed by atoms with Crippen molar-refractivity contribution in [2.24, 2.45) is 0 Å². The summed E-state index contributed by atoms with van der Waals surface area (Å²) >= 11 is 0. The Morgan fingerprint density at radius 3 is 1.54 bits per heavy atom. The number of para-hydroxylation sites is 1. The molecule has 0 fully saturated rings. The van der Waals surface area contributed by atoms with Crippen LogP contribution in [-0.4, -0.2) is 0 Å². The zero-order valence-electron chi connectivity index (χ0n) is 37.7. The van der Waals surface area contributed by atoms with Gasteiger partial charge in [-0.1, -0.05) is 214 Å². The van der Waals surface area contributed by atoms with Gasteiger partial charge in [-0.15, -0.1) is 0 Å². The summed E-state index contributed by atoms with van der Waals surface area (Å²) in [5.74, 6) is 0. The Morgan fingerprint density at radius 2 is 0.902 bits per heavy atom. The molecule has 1 nitrogen and oxygen atoms in total. The van der Waals surface area contributed by atoms with Crippen molar-refractivity contribution in [2.75, 3.05) is 4.90 Å². The highest BCUT2D eigenvalue weighted by Crippen LogP contribution is 2.57. The average Bonchev–Trinajstić information content (AvgIpc) is 3.52. The molecule has 304 valence electrons. The molecule has 61 heavy (non-hydrogen) atoms. The van der Waals surface area contributed by atoms with Gasteiger partial charge in [0.15, 0.2) is 0 Å². The lowest BCUT2D eigenvalue weighted by molar-refractivity contribution is 0.569. The maximum Gasteiger partial charge on any atom is 0.0543 e. The second-order valence-electron chi connectivity index (χ2n) is 20.4. The van der Waals surface area contributed by atoms with Crippen molar-refractivity contribution in [3.8, 4) is 33.4 Å². The summed E-state index contributed by atoms with van der Waals surface area (Å²) in [6.45, 7) is 23.2. The highest BCUT2D eigenvalue weighted by molar-refractivity contribution is 6.09. The van der Waals surface area contributed by atoms with Crippen molar-refractivity contribution in [3.05, 3.63) is 209 Å². The standard InChI is InChI=1S/C60H59N/c1-57(2,3)42-33-35-46(36-34-42)61(54-32-20-30-52-56(54)50-26-14-16-29-51(50)60(52,10)43-23-12-11-13-24-43)53-31-17-15-25-48(53)49-28-19-22-40-21-18-27-47(55(40)49)41-37-44(58(4,5)6)39-45(38-41)59(7,8)9/h11-39H,1-10H3. The van der Waals surface area contributed by atoms with E-state index in [0.29, 0.717) is 0 Å². The van der Waals surface area contributed by atoms with Crippen LogP contribution >= 0.6 is 0 Å². The summed E-state index contributed by atoms with van der Waals surface area (Å²) in [6.07, 6.45) is 0. The van der Waals surface area contributed by atoms with Gasteiger partial charge >= 0.3 is 0 Å². The van der Waals surface area contributed by atoms with Gasteiger partial charge in [-0.3, -0.25) is 0 Å². The zero-order chi connectivity index (χ0) is 42.9. The lowest BCUT2D eigenvalue weighted by Gasteiger charge is -2.32. The van der Waals surface area contributed by atoms with Crippen LogP contribution < -0.4 is 4.90 Å². The molecular formula is C60H59N. The van der Waals surface area contributed by atoms with Gasteiger partial charge in [-0.2, -0.15) is 0 Å². The van der Waals surface area contributed by atoms with E-state index >= 15 is 0 Å². The van der Waals surface area contributed by atoms with Crippen molar-refractivity contribution < 1.29 is 0 Å². The maximum absolute atomic E-state index is 2.54. The van der Waals surface area contributed by atoms with Crippen molar-refractivity contribution in [2.45, 2.75) is 90.9 Å². The number of hydrogen-bond donors (Lipinski definition) is 0. The Morgan fingerprint density at radius 1 is 0.393 bits per heavy atom. The average molecular weight is 794 g/mol. The van der Waals surface area contributed by atoms with Crippen molar-refractivity contribution in [3.63, 3.8) is 0 Å². The highest BCUT2D eigenvalue weighted by atomic mass is 15.1. The van der Waals surface area contributed by atoms with Gasteiger partial charge in [0.2, 0.25) is 0 Å². The van der Waals surface area contributed by atoms with Gasteiger partial charge in [-0.05, 0) is 114 Å². The van der Waals surface area contributed by atoms with Crippen LogP contribution in [0.3, 0.4) is 0 Å². The fraction of sp³-hybridized carbons (Fsp3) is 0.233. The monoisotopic (exact) mass is 793 g/mol. The lowest BCUT2D eigenvalue weighted by atomic mass is 9.74. The third-order valence-corrected chi connectivity index (χ3v) is 13.2. The van der Waals surface area contributed by atoms with E-state index < -0.39 is 0 Å². The maximum atomic E-state index is 2.54. The predicted molar refractivity (Wildman–Crippen MR) is 263 cm³/mol. The lowest BCUT2D eigenvalue weighted by Crippen LogP contribution is -2.22. The molecule has 8 aromatic rings. The first-order chi connectivity index (χ1) is 29.0. The molecular weight excluding hydrogens is 735 g/mol. The van der Waals surface area contributed by atoms with E-state index in [4.69, 9.17) is 0 Å². The molecule has 1 atom stereocenters. The SMILES string of the molecule is CC(C)(C)c1ccc(N(c2ccccc2-c2cccc3cccc(-c4cc(C(C)(C)C)cc(C(C)(C)C)c4)c23)c2cccc3c2-c2ccccc2C3(C)c2ccccc2)cc1. The molecule has 0 saturated carbocycles. The summed E-state index contributed by atoms with van der Waals surface area (Å²) in [4.78, 5) is 2.54. The van der Waals surface area contributed by atoms with Crippen LogP contribution in [0.4, 0.5) is 17.1 Å². The van der Waals surface area contributed by atoms with Crippen LogP contribution in [0.5, 0.6) is 0 Å². The molecule has 0 amide bonds. The Labute approximate surface area is 364 Å². The second-order valence-corrected chi connectivity index (χ2v) is 20.4. The van der Waals surface area contributed by atoms with E-state index in [2.05, 4.69) is 250 Å². The molecule has 0 saturated heterocycles. The molecule has 0 aliphatic heterocycles. The molecule has 0 heterocycles. The van der Waals surface area contributed by atoms with Crippen LogP contribution in [0, 0.1) is 0 Å². The predicted octanol–water partition coefficient (Wildman–Crippen LogP) is 16.9. The number of nitrogens with zero attached hydrogens (tertiary/aromatic N) is 1. The number of rotatable bonds is 6. The normalized spacial score (nSPS) is 15.1. The molecule has 1 aliphatic carbocycles. The number of anilines is 3. The zero-order valence-corrected chi connectivity index (χ0v) is 37.7. The number of fused-ring (bicyclic) bond motifs is 4. The first-order valence-electron chi connectivity index (χ1n) is 22.0. The molecule has 0 aromatic heterocycles. The van der Waals surface area contributed by atoms with Crippen molar-refractivity contribution in [1.82, 2.24) is 0 Å². The molecule has 1 heteroatoms. The van der Waals surface area contributed by atoms with Gasteiger partial charge in [0, 0.05) is 22.2 Å². The Balaban J connectivity index is 1.33. The molecule has 0 radical (unpaired) electrons. The number of benzene rings is 8. The van der Waals surface area contributed by atoms with E-state index in [-0.39, 0.29) is 21.7 Å². The first kappa shape index (κ1) is 40.2. The third kappa shape index (κ3) is 6.99. The summed E-state index contributed by atoms with van der Waals surface area (Å²) in [6, 6.07) is 66.4. The van der Waals surface area contributed by atoms with E-state index in [1.807, 2.05) is 0 Å². The fourth-order valence-electron chi connectivity index (χ4n) is 9.66. The van der Waals surface area contributed by atoms with Crippen LogP contribution in [0.1, 0.15) is 103 Å². The minimum atomic E-state index is -0.317. The minimum Gasteiger partial charge on any atom is -0.309 e. The third-order valence-electron chi connectivity index (χ3n) is 13.2. The Hall–Kier alpha value is -6.18. The Kier molecular flexibility index (Phi) is 9.74. The number of hydrogen-bond acceptors (Lipinski definition) is 1. The van der Waals surface area contributed by atoms with Gasteiger partial charge in [-0.25, -0.2) is 0 Å². The quantitative estimate of drug-likeness (QED) is 0.162.